The Labute approximate surface area is 168 Å². The van der Waals surface area contributed by atoms with Gasteiger partial charge in [-0.15, -0.1) is 0 Å². The summed E-state index contributed by atoms with van der Waals surface area (Å²) in [7, 11) is 1.36. The van der Waals surface area contributed by atoms with Crippen LogP contribution in [0.4, 0.5) is 14.5 Å². The molecule has 0 aliphatic carbocycles. The van der Waals surface area contributed by atoms with E-state index in [0.29, 0.717) is 5.69 Å². The zero-order valence-electron chi connectivity index (χ0n) is 15.8. The van der Waals surface area contributed by atoms with E-state index in [4.69, 9.17) is 4.74 Å². The molecule has 0 heterocycles. The molecule has 0 unspecified atom stereocenters. The third kappa shape index (κ3) is 5.54. The van der Waals surface area contributed by atoms with Gasteiger partial charge in [0.05, 0.1) is 7.11 Å². The zero-order valence-corrected chi connectivity index (χ0v) is 15.8. The van der Waals surface area contributed by atoms with Gasteiger partial charge < -0.3 is 14.8 Å². The summed E-state index contributed by atoms with van der Waals surface area (Å²) in [5, 5.41) is 2.76. The van der Waals surface area contributed by atoms with Crippen LogP contribution in [0, 0.1) is 0 Å². The molecule has 4 nitrogen and oxygen atoms in total. The van der Waals surface area contributed by atoms with Crippen molar-refractivity contribution in [2.75, 3.05) is 12.4 Å². The molecule has 0 atom stereocenters. The van der Waals surface area contributed by atoms with Crippen LogP contribution in [0.2, 0.25) is 0 Å². The fraction of sp³-hybridized carbons (Fsp3) is 0.174. The van der Waals surface area contributed by atoms with Gasteiger partial charge in [0.1, 0.15) is 0 Å². The van der Waals surface area contributed by atoms with Gasteiger partial charge in [0.25, 0.3) is 0 Å². The minimum absolute atomic E-state index is 0.132. The Morgan fingerprint density at radius 2 is 1.48 bits per heavy atom. The average molecular weight is 397 g/mol. The molecular formula is C23H21F2NO3. The summed E-state index contributed by atoms with van der Waals surface area (Å²) >= 11 is 0. The highest BCUT2D eigenvalue weighted by molar-refractivity contribution is 5.92. The first kappa shape index (κ1) is 20.3. The highest BCUT2D eigenvalue weighted by Gasteiger charge is 2.19. The number of carbonyl (C=O) groups excluding carboxylic acids is 1. The van der Waals surface area contributed by atoms with Crippen LogP contribution in [-0.2, 0) is 4.79 Å². The van der Waals surface area contributed by atoms with Gasteiger partial charge in [-0.3, -0.25) is 4.79 Å². The van der Waals surface area contributed by atoms with E-state index in [0.717, 1.165) is 11.1 Å². The predicted octanol–water partition coefficient (Wildman–Crippen LogP) is 5.46. The van der Waals surface area contributed by atoms with Crippen LogP contribution in [0.25, 0.3) is 0 Å². The first-order valence-electron chi connectivity index (χ1n) is 9.09. The third-order valence-electron chi connectivity index (χ3n) is 4.46. The normalized spacial score (nSPS) is 10.8. The van der Waals surface area contributed by atoms with E-state index in [1.54, 1.807) is 6.07 Å². The summed E-state index contributed by atoms with van der Waals surface area (Å²) in [6.07, 6.45) is 0.199. The number of hydrogen-bond acceptors (Lipinski definition) is 3. The Bertz CT molecular complexity index is 894. The average Bonchev–Trinajstić information content (AvgIpc) is 2.73. The quantitative estimate of drug-likeness (QED) is 0.549. The van der Waals surface area contributed by atoms with Crippen LogP contribution < -0.4 is 14.8 Å². The van der Waals surface area contributed by atoms with Crippen molar-refractivity contribution in [3.8, 4) is 11.5 Å². The molecule has 3 rings (SSSR count). The Morgan fingerprint density at radius 1 is 0.897 bits per heavy atom. The summed E-state index contributed by atoms with van der Waals surface area (Å²) < 4.78 is 34.7. The Balaban J connectivity index is 1.79. The number of ether oxygens (including phenoxy) is 2. The topological polar surface area (TPSA) is 47.6 Å². The van der Waals surface area contributed by atoms with Crippen molar-refractivity contribution in [1.82, 2.24) is 0 Å². The van der Waals surface area contributed by atoms with Crippen molar-refractivity contribution in [1.29, 1.82) is 0 Å². The van der Waals surface area contributed by atoms with E-state index in [9.17, 15) is 13.6 Å². The molecule has 0 bridgehead atoms. The van der Waals surface area contributed by atoms with Crippen molar-refractivity contribution >= 4 is 11.6 Å². The van der Waals surface area contributed by atoms with E-state index in [-0.39, 0.29) is 29.7 Å². The zero-order chi connectivity index (χ0) is 20.6. The van der Waals surface area contributed by atoms with Gasteiger partial charge in [-0.05, 0) is 23.3 Å². The van der Waals surface area contributed by atoms with Crippen molar-refractivity contribution in [2.24, 2.45) is 0 Å². The summed E-state index contributed by atoms with van der Waals surface area (Å²) in [5.74, 6) is -0.346. The molecule has 29 heavy (non-hydrogen) atoms. The molecule has 1 N–H and O–H groups in total. The monoisotopic (exact) mass is 397 g/mol. The van der Waals surface area contributed by atoms with E-state index in [1.807, 2.05) is 60.7 Å². The number of methoxy groups -OCH3 is 1. The van der Waals surface area contributed by atoms with E-state index >= 15 is 0 Å². The van der Waals surface area contributed by atoms with Gasteiger partial charge in [-0.25, -0.2) is 0 Å². The maximum Gasteiger partial charge on any atom is 0.387 e. The highest BCUT2D eigenvalue weighted by atomic mass is 19.3. The molecule has 0 radical (unpaired) electrons. The fourth-order valence-electron chi connectivity index (χ4n) is 3.14. The van der Waals surface area contributed by atoms with Gasteiger partial charge >= 0.3 is 6.61 Å². The first-order valence-corrected chi connectivity index (χ1v) is 9.09. The molecule has 0 aromatic heterocycles. The van der Waals surface area contributed by atoms with Crippen molar-refractivity contribution in [3.05, 3.63) is 90.0 Å². The maximum atomic E-state index is 12.7. The van der Waals surface area contributed by atoms with Gasteiger partial charge in [0, 0.05) is 24.1 Å². The van der Waals surface area contributed by atoms with Gasteiger partial charge in [-0.2, -0.15) is 8.78 Å². The van der Waals surface area contributed by atoms with Gasteiger partial charge in [-0.1, -0.05) is 60.7 Å². The molecule has 0 saturated carbocycles. The standard InChI is InChI=1S/C23H21F2NO3/c1-28-20-13-12-18(14-21(20)29-23(24)25)26-22(27)15-19(16-8-4-2-5-9-16)17-10-6-3-7-11-17/h2-14,19,23H,15H2,1H3,(H,26,27). The molecule has 3 aromatic carbocycles. The number of alkyl halides is 2. The minimum atomic E-state index is -2.99. The molecule has 0 fully saturated rings. The Morgan fingerprint density at radius 3 is 2.00 bits per heavy atom. The fourth-order valence-corrected chi connectivity index (χ4v) is 3.14. The van der Waals surface area contributed by atoms with Gasteiger partial charge in [0.2, 0.25) is 5.91 Å². The predicted molar refractivity (Wildman–Crippen MR) is 108 cm³/mol. The lowest BCUT2D eigenvalue weighted by Gasteiger charge is -2.18. The molecule has 1 amide bonds. The van der Waals surface area contributed by atoms with Crippen LogP contribution in [0.5, 0.6) is 11.5 Å². The van der Waals surface area contributed by atoms with Crippen LogP contribution in [0.3, 0.4) is 0 Å². The van der Waals surface area contributed by atoms with Crippen LogP contribution in [0.1, 0.15) is 23.5 Å². The molecule has 0 spiro atoms. The van der Waals surface area contributed by atoms with Crippen molar-refractivity contribution in [2.45, 2.75) is 19.0 Å². The minimum Gasteiger partial charge on any atom is -0.493 e. The first-order chi connectivity index (χ1) is 14.1. The second kappa shape index (κ2) is 9.68. The molecule has 0 saturated heterocycles. The van der Waals surface area contributed by atoms with E-state index in [1.165, 1.54) is 19.2 Å². The highest BCUT2D eigenvalue weighted by Crippen LogP contribution is 2.32. The molecule has 6 heteroatoms. The number of halogens is 2. The largest absolute Gasteiger partial charge is 0.493 e. The second-order valence-corrected chi connectivity index (χ2v) is 6.37. The molecule has 3 aromatic rings. The maximum absolute atomic E-state index is 12.7. The van der Waals surface area contributed by atoms with E-state index in [2.05, 4.69) is 10.1 Å². The summed E-state index contributed by atoms with van der Waals surface area (Å²) in [6.45, 7) is -2.99. The lowest BCUT2D eigenvalue weighted by Crippen LogP contribution is -2.16. The lowest BCUT2D eigenvalue weighted by atomic mass is 9.88. The summed E-state index contributed by atoms with van der Waals surface area (Å²) in [5.41, 5.74) is 2.39. The smallest absolute Gasteiger partial charge is 0.387 e. The number of hydrogen-bond donors (Lipinski definition) is 1. The SMILES string of the molecule is COc1ccc(NC(=O)CC(c2ccccc2)c2ccccc2)cc1OC(F)F. The summed E-state index contributed by atoms with van der Waals surface area (Å²) in [4.78, 5) is 12.7. The van der Waals surface area contributed by atoms with Crippen LogP contribution >= 0.6 is 0 Å². The second-order valence-electron chi connectivity index (χ2n) is 6.37. The Hall–Kier alpha value is -3.41. The number of nitrogens with one attached hydrogen (secondary N) is 1. The lowest BCUT2D eigenvalue weighted by molar-refractivity contribution is -0.116. The number of benzene rings is 3. The number of rotatable bonds is 8. The number of carbonyl (C=O) groups is 1. The summed E-state index contributed by atoms with van der Waals surface area (Å²) in [6, 6.07) is 23.9. The van der Waals surface area contributed by atoms with Crippen LogP contribution in [0.15, 0.2) is 78.9 Å². The van der Waals surface area contributed by atoms with Crippen molar-refractivity contribution in [3.63, 3.8) is 0 Å². The van der Waals surface area contributed by atoms with Crippen molar-refractivity contribution < 1.29 is 23.0 Å². The van der Waals surface area contributed by atoms with E-state index < -0.39 is 6.61 Å². The third-order valence-corrected chi connectivity index (χ3v) is 4.46. The number of amides is 1. The molecule has 150 valence electrons. The molecule has 0 aliphatic heterocycles. The van der Waals surface area contributed by atoms with Crippen LogP contribution in [-0.4, -0.2) is 19.6 Å². The molecule has 0 aliphatic rings. The molecular weight excluding hydrogens is 376 g/mol. The number of anilines is 1. The Kier molecular flexibility index (Phi) is 6.79. The van der Waals surface area contributed by atoms with Gasteiger partial charge in [0.15, 0.2) is 11.5 Å².